The zero-order valence-electron chi connectivity index (χ0n) is 20.6. The number of nitrogens with zero attached hydrogens (tertiary/aromatic N) is 2. The summed E-state index contributed by atoms with van der Waals surface area (Å²) < 4.78 is 26.6. The van der Waals surface area contributed by atoms with Gasteiger partial charge in [-0.3, -0.25) is 13.9 Å². The van der Waals surface area contributed by atoms with Crippen LogP contribution in [0.3, 0.4) is 0 Å². The number of hydrogen-bond donors (Lipinski definition) is 1. The molecular weight excluding hydrogens is 509 g/mol. The molecule has 2 aromatic carbocycles. The second-order valence-electron chi connectivity index (χ2n) is 8.24. The van der Waals surface area contributed by atoms with Crippen LogP contribution in [0.2, 0.25) is 10.0 Å². The maximum absolute atomic E-state index is 13.7. The van der Waals surface area contributed by atoms with Crippen LogP contribution in [0.1, 0.15) is 44.7 Å². The summed E-state index contributed by atoms with van der Waals surface area (Å²) in [4.78, 5) is 28.1. The highest BCUT2D eigenvalue weighted by atomic mass is 35.5. The molecule has 2 amide bonds. The molecular formula is C25H33Cl2N3O4S. The predicted octanol–water partition coefficient (Wildman–Crippen LogP) is 4.66. The number of hydrogen-bond acceptors (Lipinski definition) is 4. The van der Waals surface area contributed by atoms with Crippen molar-refractivity contribution in [2.75, 3.05) is 23.7 Å². The summed E-state index contributed by atoms with van der Waals surface area (Å²) in [6, 6.07) is 11.3. The van der Waals surface area contributed by atoms with Gasteiger partial charge in [0.15, 0.2) is 0 Å². The topological polar surface area (TPSA) is 86.8 Å². The van der Waals surface area contributed by atoms with Crippen molar-refractivity contribution in [2.45, 2.75) is 52.6 Å². The van der Waals surface area contributed by atoms with E-state index in [2.05, 4.69) is 5.32 Å². The molecule has 0 radical (unpaired) electrons. The molecule has 2 aromatic rings. The van der Waals surface area contributed by atoms with Crippen LogP contribution in [0, 0.1) is 0 Å². The van der Waals surface area contributed by atoms with Gasteiger partial charge in [0.25, 0.3) is 0 Å². The van der Waals surface area contributed by atoms with Crippen molar-refractivity contribution in [2.24, 2.45) is 0 Å². The van der Waals surface area contributed by atoms with Crippen molar-refractivity contribution < 1.29 is 18.0 Å². The first-order valence-electron chi connectivity index (χ1n) is 11.6. The molecule has 10 heteroatoms. The van der Waals surface area contributed by atoms with Gasteiger partial charge in [-0.1, -0.05) is 68.2 Å². The summed E-state index contributed by atoms with van der Waals surface area (Å²) in [5.41, 5.74) is 1.92. The summed E-state index contributed by atoms with van der Waals surface area (Å²) in [7, 11) is -3.78. The Morgan fingerprint density at radius 3 is 2.29 bits per heavy atom. The number of nitrogens with one attached hydrogen (secondary N) is 1. The molecule has 1 unspecified atom stereocenters. The first kappa shape index (κ1) is 28.9. The van der Waals surface area contributed by atoms with Gasteiger partial charge >= 0.3 is 0 Å². The minimum absolute atomic E-state index is 0.0702. The molecule has 35 heavy (non-hydrogen) atoms. The lowest BCUT2D eigenvalue weighted by atomic mass is 10.1. The number of carbonyl (C=O) groups excluding carboxylic acids is 2. The van der Waals surface area contributed by atoms with Crippen LogP contribution in [-0.4, -0.2) is 50.5 Å². The first-order valence-corrected chi connectivity index (χ1v) is 14.2. The van der Waals surface area contributed by atoms with Gasteiger partial charge in [-0.25, -0.2) is 8.42 Å². The van der Waals surface area contributed by atoms with Gasteiger partial charge in [0.2, 0.25) is 21.8 Å². The van der Waals surface area contributed by atoms with Crippen LogP contribution < -0.4 is 9.62 Å². The van der Waals surface area contributed by atoms with Gasteiger partial charge in [-0.05, 0) is 48.6 Å². The summed E-state index contributed by atoms with van der Waals surface area (Å²) in [6.07, 6.45) is 2.77. The van der Waals surface area contributed by atoms with E-state index in [1.807, 2.05) is 32.9 Å². The largest absolute Gasteiger partial charge is 0.354 e. The lowest BCUT2D eigenvalue weighted by Crippen LogP contribution is -2.52. The Balaban J connectivity index is 2.48. The minimum Gasteiger partial charge on any atom is -0.354 e. The first-order chi connectivity index (χ1) is 16.5. The Morgan fingerprint density at radius 2 is 1.71 bits per heavy atom. The fourth-order valence-electron chi connectivity index (χ4n) is 3.77. The molecule has 0 aliphatic rings. The molecule has 0 saturated heterocycles. The second-order valence-corrected chi connectivity index (χ2v) is 11.0. The molecule has 0 saturated carbocycles. The van der Waals surface area contributed by atoms with Gasteiger partial charge in [0.1, 0.15) is 12.6 Å². The molecule has 0 aliphatic carbocycles. The highest BCUT2D eigenvalue weighted by Crippen LogP contribution is 2.26. The van der Waals surface area contributed by atoms with E-state index >= 15 is 0 Å². The molecule has 0 bridgehead atoms. The smallest absolute Gasteiger partial charge is 0.244 e. The molecule has 7 nitrogen and oxygen atoms in total. The van der Waals surface area contributed by atoms with Gasteiger partial charge in [0, 0.05) is 13.1 Å². The Labute approximate surface area is 218 Å². The summed E-state index contributed by atoms with van der Waals surface area (Å²) in [5.74, 6) is -0.784. The maximum Gasteiger partial charge on any atom is 0.244 e. The third-order valence-electron chi connectivity index (χ3n) is 5.59. The van der Waals surface area contributed by atoms with Gasteiger partial charge in [-0.15, -0.1) is 0 Å². The average Bonchev–Trinajstić information content (AvgIpc) is 2.82. The molecule has 0 fully saturated rings. The van der Waals surface area contributed by atoms with Crippen LogP contribution in [0.25, 0.3) is 0 Å². The third-order valence-corrected chi connectivity index (χ3v) is 7.46. The van der Waals surface area contributed by atoms with E-state index in [0.29, 0.717) is 40.7 Å². The zero-order valence-corrected chi connectivity index (χ0v) is 22.9. The number of sulfonamides is 1. The van der Waals surface area contributed by atoms with E-state index in [0.717, 1.165) is 22.5 Å². The van der Waals surface area contributed by atoms with E-state index in [4.69, 9.17) is 23.2 Å². The summed E-state index contributed by atoms with van der Waals surface area (Å²) in [5, 5.41) is 3.55. The number of rotatable bonds is 12. The summed E-state index contributed by atoms with van der Waals surface area (Å²) >= 11 is 12.2. The average molecular weight is 543 g/mol. The van der Waals surface area contributed by atoms with Crippen LogP contribution in [0.5, 0.6) is 0 Å². The van der Waals surface area contributed by atoms with Crippen molar-refractivity contribution in [1.82, 2.24) is 10.2 Å². The molecule has 192 valence electrons. The number of anilines is 1. The predicted molar refractivity (Wildman–Crippen MR) is 142 cm³/mol. The van der Waals surface area contributed by atoms with Crippen molar-refractivity contribution >= 4 is 50.7 Å². The molecule has 0 heterocycles. The third kappa shape index (κ3) is 7.85. The summed E-state index contributed by atoms with van der Waals surface area (Å²) in [6.45, 7) is 5.78. The van der Waals surface area contributed by atoms with E-state index in [1.54, 1.807) is 30.3 Å². The van der Waals surface area contributed by atoms with Crippen molar-refractivity contribution in [1.29, 1.82) is 0 Å². The number of benzene rings is 2. The van der Waals surface area contributed by atoms with Crippen molar-refractivity contribution in [3.63, 3.8) is 0 Å². The maximum atomic E-state index is 13.7. The van der Waals surface area contributed by atoms with E-state index in [9.17, 15) is 18.0 Å². The number of para-hydroxylation sites is 1. The normalized spacial score (nSPS) is 12.2. The number of amides is 2. The van der Waals surface area contributed by atoms with Gasteiger partial charge < -0.3 is 10.2 Å². The van der Waals surface area contributed by atoms with Crippen LogP contribution >= 0.6 is 23.2 Å². The number of aryl methyl sites for hydroxylation is 1. The minimum atomic E-state index is -3.78. The van der Waals surface area contributed by atoms with E-state index < -0.39 is 28.5 Å². The monoisotopic (exact) mass is 541 g/mol. The Kier molecular flexibility index (Phi) is 10.9. The van der Waals surface area contributed by atoms with E-state index in [-0.39, 0.29) is 12.5 Å². The van der Waals surface area contributed by atoms with Gasteiger partial charge in [0.05, 0.1) is 22.0 Å². The highest BCUT2D eigenvalue weighted by molar-refractivity contribution is 7.92. The molecule has 1 atom stereocenters. The lowest BCUT2D eigenvalue weighted by molar-refractivity contribution is -0.140. The SMILES string of the molecule is CCCNC(=O)C(CC)N(Cc1ccc(Cl)c(Cl)c1)C(=O)CN(c1ccccc1CC)S(C)(=O)=O. The molecule has 0 aliphatic heterocycles. The van der Waals surface area contributed by atoms with Crippen LogP contribution in [0.4, 0.5) is 5.69 Å². The molecule has 0 aromatic heterocycles. The molecule has 2 rings (SSSR count). The van der Waals surface area contributed by atoms with Gasteiger partial charge in [-0.2, -0.15) is 0 Å². The van der Waals surface area contributed by atoms with E-state index in [1.165, 1.54) is 4.90 Å². The Bertz CT molecular complexity index is 1140. The lowest BCUT2D eigenvalue weighted by Gasteiger charge is -2.33. The van der Waals surface area contributed by atoms with Crippen LogP contribution in [0.15, 0.2) is 42.5 Å². The van der Waals surface area contributed by atoms with Crippen molar-refractivity contribution in [3.05, 3.63) is 63.6 Å². The highest BCUT2D eigenvalue weighted by Gasteiger charge is 2.32. The standard InChI is InChI=1S/C25H33Cl2N3O4S/c1-5-14-28-25(32)22(7-3)29(16-18-12-13-20(26)21(27)15-18)24(31)17-30(35(4,33)34)23-11-9-8-10-19(23)6-2/h8-13,15,22H,5-7,14,16-17H2,1-4H3,(H,28,32). The van der Waals surface area contributed by atoms with Crippen molar-refractivity contribution in [3.8, 4) is 0 Å². The fourth-order valence-corrected chi connectivity index (χ4v) is 4.97. The molecule has 0 spiro atoms. The fraction of sp³-hybridized carbons (Fsp3) is 0.440. The Hall–Kier alpha value is -2.29. The zero-order chi connectivity index (χ0) is 26.2. The quantitative estimate of drug-likeness (QED) is 0.423. The second kappa shape index (κ2) is 13.1. The number of carbonyl (C=O) groups is 2. The number of halogens is 2. The Morgan fingerprint density at radius 1 is 1.03 bits per heavy atom. The van der Waals surface area contributed by atoms with Crippen LogP contribution in [-0.2, 0) is 32.6 Å². The molecule has 1 N–H and O–H groups in total.